The monoisotopic (exact) mass is 289 g/mol. The lowest BCUT2D eigenvalue weighted by Gasteiger charge is -2.37. The zero-order valence-electron chi connectivity index (χ0n) is 11.1. The van der Waals surface area contributed by atoms with Crippen molar-refractivity contribution in [3.63, 3.8) is 0 Å². The molecule has 16 heavy (non-hydrogen) atoms. The number of hydrogen-bond acceptors (Lipinski definition) is 1. The molecule has 0 bridgehead atoms. The molecule has 1 aliphatic rings. The Morgan fingerprint density at radius 1 is 1.06 bits per heavy atom. The topological polar surface area (TPSA) is 3.24 Å². The lowest BCUT2D eigenvalue weighted by molar-refractivity contribution is 0.122. The summed E-state index contributed by atoms with van der Waals surface area (Å²) < 4.78 is 0. The Kier molecular flexibility index (Phi) is 7.72. The van der Waals surface area contributed by atoms with Gasteiger partial charge in [-0.05, 0) is 25.7 Å². The summed E-state index contributed by atoms with van der Waals surface area (Å²) >= 11 is 3.62. The minimum Gasteiger partial charge on any atom is -0.297 e. The number of alkyl halides is 1. The maximum Gasteiger partial charge on any atom is 0.0159 e. The van der Waals surface area contributed by atoms with Crippen molar-refractivity contribution in [1.29, 1.82) is 0 Å². The van der Waals surface area contributed by atoms with Crippen LogP contribution >= 0.6 is 15.9 Å². The molecule has 0 unspecified atom stereocenters. The van der Waals surface area contributed by atoms with Gasteiger partial charge in [-0.25, -0.2) is 0 Å². The van der Waals surface area contributed by atoms with Gasteiger partial charge in [-0.2, -0.15) is 0 Å². The summed E-state index contributed by atoms with van der Waals surface area (Å²) in [5, 5.41) is 1.12. The molecule has 1 fully saturated rings. The van der Waals surface area contributed by atoms with Crippen LogP contribution in [0.15, 0.2) is 0 Å². The SMILES string of the molecule is CCC(CC)N(CCBr)C1CCCCCC1. The second-order valence-electron chi connectivity index (χ2n) is 5.04. The summed E-state index contributed by atoms with van der Waals surface area (Å²) in [7, 11) is 0. The van der Waals surface area contributed by atoms with Gasteiger partial charge in [0.1, 0.15) is 0 Å². The molecule has 0 aromatic carbocycles. The van der Waals surface area contributed by atoms with Crippen LogP contribution in [0.5, 0.6) is 0 Å². The van der Waals surface area contributed by atoms with E-state index in [2.05, 4.69) is 34.7 Å². The Morgan fingerprint density at radius 3 is 2.06 bits per heavy atom. The quantitative estimate of drug-likeness (QED) is 0.510. The minimum atomic E-state index is 0.806. The molecule has 1 saturated carbocycles. The highest BCUT2D eigenvalue weighted by molar-refractivity contribution is 9.09. The molecule has 96 valence electrons. The third-order valence-electron chi connectivity index (χ3n) is 4.05. The Bertz CT molecular complexity index is 160. The van der Waals surface area contributed by atoms with E-state index in [1.165, 1.54) is 57.9 Å². The molecule has 0 amide bonds. The Hall–Kier alpha value is 0.440. The Labute approximate surface area is 110 Å². The standard InChI is InChI=1S/C14H28BrN/c1-3-13(4-2)16(12-11-15)14-9-7-5-6-8-10-14/h13-14H,3-12H2,1-2H3. The van der Waals surface area contributed by atoms with Gasteiger partial charge in [-0.1, -0.05) is 55.5 Å². The van der Waals surface area contributed by atoms with E-state index >= 15 is 0 Å². The van der Waals surface area contributed by atoms with Crippen LogP contribution in [0.4, 0.5) is 0 Å². The van der Waals surface area contributed by atoms with Crippen molar-refractivity contribution in [3.05, 3.63) is 0 Å². The third-order valence-corrected chi connectivity index (χ3v) is 4.40. The van der Waals surface area contributed by atoms with E-state index in [4.69, 9.17) is 0 Å². The van der Waals surface area contributed by atoms with Gasteiger partial charge in [-0.3, -0.25) is 4.90 Å². The molecule has 0 heterocycles. The normalized spacial score (nSPS) is 19.3. The van der Waals surface area contributed by atoms with Gasteiger partial charge in [0.2, 0.25) is 0 Å². The van der Waals surface area contributed by atoms with Crippen molar-refractivity contribution in [1.82, 2.24) is 4.90 Å². The summed E-state index contributed by atoms with van der Waals surface area (Å²) in [6, 6.07) is 1.67. The van der Waals surface area contributed by atoms with Crippen molar-refractivity contribution >= 4 is 15.9 Å². The Balaban J connectivity index is 2.58. The predicted octanol–water partition coefficient (Wildman–Crippen LogP) is 4.59. The van der Waals surface area contributed by atoms with E-state index < -0.39 is 0 Å². The fourth-order valence-electron chi connectivity index (χ4n) is 3.11. The fourth-order valence-corrected chi connectivity index (χ4v) is 3.52. The maximum atomic E-state index is 3.62. The lowest BCUT2D eigenvalue weighted by atomic mass is 10.0. The number of nitrogens with zero attached hydrogens (tertiary/aromatic N) is 1. The molecular weight excluding hydrogens is 262 g/mol. The highest BCUT2D eigenvalue weighted by Crippen LogP contribution is 2.25. The summed E-state index contributed by atoms with van der Waals surface area (Å²) in [4.78, 5) is 2.79. The molecule has 0 aromatic rings. The highest BCUT2D eigenvalue weighted by atomic mass is 79.9. The van der Waals surface area contributed by atoms with Crippen LogP contribution in [0, 0.1) is 0 Å². The molecule has 0 atom stereocenters. The molecule has 1 nitrogen and oxygen atoms in total. The first kappa shape index (κ1) is 14.5. The van der Waals surface area contributed by atoms with Gasteiger partial charge >= 0.3 is 0 Å². The van der Waals surface area contributed by atoms with Crippen molar-refractivity contribution < 1.29 is 0 Å². The van der Waals surface area contributed by atoms with Gasteiger partial charge in [0, 0.05) is 24.0 Å². The number of hydrogen-bond donors (Lipinski definition) is 0. The molecule has 0 aliphatic heterocycles. The van der Waals surface area contributed by atoms with E-state index in [0.29, 0.717) is 0 Å². The van der Waals surface area contributed by atoms with Gasteiger partial charge in [0.25, 0.3) is 0 Å². The van der Waals surface area contributed by atoms with Gasteiger partial charge in [0.15, 0.2) is 0 Å². The first-order chi connectivity index (χ1) is 7.83. The molecule has 2 heteroatoms. The smallest absolute Gasteiger partial charge is 0.0159 e. The van der Waals surface area contributed by atoms with Gasteiger partial charge < -0.3 is 0 Å². The highest BCUT2D eigenvalue weighted by Gasteiger charge is 2.24. The number of halogens is 1. The van der Waals surface area contributed by atoms with Crippen LogP contribution in [0.25, 0.3) is 0 Å². The molecule has 0 saturated heterocycles. The molecule has 0 radical (unpaired) electrons. The summed E-state index contributed by atoms with van der Waals surface area (Å²) in [5.41, 5.74) is 0. The van der Waals surface area contributed by atoms with Crippen molar-refractivity contribution in [3.8, 4) is 0 Å². The Morgan fingerprint density at radius 2 is 1.62 bits per heavy atom. The van der Waals surface area contributed by atoms with E-state index in [0.717, 1.165) is 17.4 Å². The zero-order valence-corrected chi connectivity index (χ0v) is 12.6. The van der Waals surface area contributed by atoms with E-state index in [-0.39, 0.29) is 0 Å². The van der Waals surface area contributed by atoms with E-state index in [1.807, 2.05) is 0 Å². The fraction of sp³-hybridized carbons (Fsp3) is 1.00. The third kappa shape index (κ3) is 4.37. The zero-order chi connectivity index (χ0) is 11.8. The van der Waals surface area contributed by atoms with Crippen molar-refractivity contribution in [2.24, 2.45) is 0 Å². The molecule has 0 spiro atoms. The van der Waals surface area contributed by atoms with E-state index in [9.17, 15) is 0 Å². The summed E-state index contributed by atoms with van der Waals surface area (Å²) in [6.07, 6.45) is 11.3. The van der Waals surface area contributed by atoms with Crippen LogP contribution in [-0.4, -0.2) is 28.9 Å². The van der Waals surface area contributed by atoms with Crippen LogP contribution < -0.4 is 0 Å². The van der Waals surface area contributed by atoms with Crippen LogP contribution in [-0.2, 0) is 0 Å². The second-order valence-corrected chi connectivity index (χ2v) is 5.84. The molecule has 1 aliphatic carbocycles. The van der Waals surface area contributed by atoms with Crippen molar-refractivity contribution in [2.75, 3.05) is 11.9 Å². The van der Waals surface area contributed by atoms with Gasteiger partial charge in [0.05, 0.1) is 0 Å². The molecule has 0 N–H and O–H groups in total. The average molecular weight is 290 g/mol. The van der Waals surface area contributed by atoms with Crippen LogP contribution in [0.2, 0.25) is 0 Å². The average Bonchev–Trinajstić information content (AvgIpc) is 2.58. The predicted molar refractivity (Wildman–Crippen MR) is 76.4 cm³/mol. The molecule has 0 aromatic heterocycles. The largest absolute Gasteiger partial charge is 0.297 e. The molecule has 1 rings (SSSR count). The first-order valence-electron chi connectivity index (χ1n) is 7.15. The summed E-state index contributed by atoms with van der Waals surface area (Å²) in [5.74, 6) is 0. The number of rotatable bonds is 6. The summed E-state index contributed by atoms with van der Waals surface area (Å²) in [6.45, 7) is 5.91. The van der Waals surface area contributed by atoms with Crippen LogP contribution in [0.1, 0.15) is 65.2 Å². The van der Waals surface area contributed by atoms with E-state index in [1.54, 1.807) is 0 Å². The minimum absolute atomic E-state index is 0.806. The van der Waals surface area contributed by atoms with Crippen molar-refractivity contribution in [2.45, 2.75) is 77.3 Å². The lowest BCUT2D eigenvalue weighted by Crippen LogP contribution is -2.43. The first-order valence-corrected chi connectivity index (χ1v) is 8.27. The van der Waals surface area contributed by atoms with Gasteiger partial charge in [-0.15, -0.1) is 0 Å². The second kappa shape index (κ2) is 8.52. The maximum absolute atomic E-state index is 3.62. The van der Waals surface area contributed by atoms with Crippen LogP contribution in [0.3, 0.4) is 0 Å². The molecular formula is C14H28BrN.